The van der Waals surface area contributed by atoms with Crippen LogP contribution in [0.25, 0.3) is 0 Å². The van der Waals surface area contributed by atoms with Crippen molar-refractivity contribution >= 4 is 12.4 Å². The van der Waals surface area contributed by atoms with Gasteiger partial charge in [-0.2, -0.15) is 13.2 Å². The summed E-state index contributed by atoms with van der Waals surface area (Å²) in [5.41, 5.74) is 4.75. The molecule has 0 fully saturated rings. The standard InChI is InChI=1S/C4H6F3N.ClH/c5-4(6,7)2-1-3-8;/h1-2H,3,8H2;1H/b2-1+;. The minimum absolute atomic E-state index is 0. The molecule has 0 atom stereocenters. The summed E-state index contributed by atoms with van der Waals surface area (Å²) in [6.07, 6.45) is -3.23. The molecule has 0 aliphatic rings. The third kappa shape index (κ3) is 11.4. The Labute approximate surface area is 57.1 Å². The van der Waals surface area contributed by atoms with Crippen molar-refractivity contribution in [1.82, 2.24) is 0 Å². The SMILES string of the molecule is Cl.NC/C=C/C(F)(F)F. The van der Waals surface area contributed by atoms with E-state index in [1.165, 1.54) is 0 Å². The lowest BCUT2D eigenvalue weighted by atomic mass is 10.5. The van der Waals surface area contributed by atoms with Crippen LogP contribution >= 0.6 is 12.4 Å². The Morgan fingerprint density at radius 1 is 1.33 bits per heavy atom. The smallest absolute Gasteiger partial charge is 0.327 e. The van der Waals surface area contributed by atoms with Crippen LogP contribution in [0.15, 0.2) is 12.2 Å². The van der Waals surface area contributed by atoms with Gasteiger partial charge in [0.1, 0.15) is 0 Å². The fraction of sp³-hybridized carbons (Fsp3) is 0.500. The molecule has 0 heterocycles. The monoisotopic (exact) mass is 161 g/mol. The van der Waals surface area contributed by atoms with Gasteiger partial charge in [-0.1, -0.05) is 6.08 Å². The van der Waals surface area contributed by atoms with Gasteiger partial charge in [-0.05, 0) is 0 Å². The van der Waals surface area contributed by atoms with Gasteiger partial charge < -0.3 is 5.73 Å². The molecule has 0 radical (unpaired) electrons. The topological polar surface area (TPSA) is 26.0 Å². The van der Waals surface area contributed by atoms with E-state index in [0.29, 0.717) is 0 Å². The summed E-state index contributed by atoms with van der Waals surface area (Å²) in [5.74, 6) is 0. The number of nitrogens with two attached hydrogens (primary N) is 1. The molecule has 0 aromatic carbocycles. The Bertz CT molecular complexity index is 88.3. The van der Waals surface area contributed by atoms with E-state index in [0.717, 1.165) is 6.08 Å². The first-order valence-electron chi connectivity index (χ1n) is 2.01. The molecule has 9 heavy (non-hydrogen) atoms. The van der Waals surface area contributed by atoms with Gasteiger partial charge in [0.25, 0.3) is 0 Å². The van der Waals surface area contributed by atoms with Crippen molar-refractivity contribution < 1.29 is 13.2 Å². The second-order valence-corrected chi connectivity index (χ2v) is 1.18. The molecule has 0 amide bonds. The maximum atomic E-state index is 11.1. The zero-order chi connectivity index (χ0) is 6.62. The first-order chi connectivity index (χ1) is 3.56. The zero-order valence-corrected chi connectivity index (χ0v) is 5.30. The van der Waals surface area contributed by atoms with Gasteiger partial charge in [0.05, 0.1) is 0 Å². The molecule has 0 aliphatic heterocycles. The van der Waals surface area contributed by atoms with Gasteiger partial charge in [0.15, 0.2) is 0 Å². The van der Waals surface area contributed by atoms with E-state index < -0.39 is 6.18 Å². The lowest BCUT2D eigenvalue weighted by Crippen LogP contribution is -2.03. The molecule has 0 spiro atoms. The van der Waals surface area contributed by atoms with E-state index >= 15 is 0 Å². The van der Waals surface area contributed by atoms with E-state index in [1.54, 1.807) is 0 Å². The summed E-state index contributed by atoms with van der Waals surface area (Å²) >= 11 is 0. The van der Waals surface area contributed by atoms with Crippen LogP contribution in [0.2, 0.25) is 0 Å². The third-order valence-electron chi connectivity index (χ3n) is 0.443. The van der Waals surface area contributed by atoms with Crippen molar-refractivity contribution in [3.05, 3.63) is 12.2 Å². The molecule has 0 saturated heterocycles. The highest BCUT2D eigenvalue weighted by Crippen LogP contribution is 2.15. The van der Waals surface area contributed by atoms with Crippen molar-refractivity contribution in [2.75, 3.05) is 6.54 Å². The average molecular weight is 162 g/mol. The van der Waals surface area contributed by atoms with Gasteiger partial charge >= 0.3 is 6.18 Å². The lowest BCUT2D eigenvalue weighted by Gasteiger charge is -1.94. The van der Waals surface area contributed by atoms with Gasteiger partial charge in [-0.15, -0.1) is 12.4 Å². The number of halogens is 4. The van der Waals surface area contributed by atoms with Crippen LogP contribution in [0.1, 0.15) is 0 Å². The summed E-state index contributed by atoms with van der Waals surface area (Å²) in [7, 11) is 0. The molecule has 0 aromatic heterocycles. The normalized spacial score (nSPS) is 11.6. The van der Waals surface area contributed by atoms with Crippen LogP contribution in [0.3, 0.4) is 0 Å². The fourth-order valence-corrected chi connectivity index (χ4v) is 0.202. The quantitative estimate of drug-likeness (QED) is 0.580. The number of alkyl halides is 3. The summed E-state index contributed by atoms with van der Waals surface area (Å²) in [6.45, 7) is -0.0699. The van der Waals surface area contributed by atoms with Crippen LogP contribution in [0.4, 0.5) is 13.2 Å². The second-order valence-electron chi connectivity index (χ2n) is 1.18. The Kier molecular flexibility index (Phi) is 5.96. The van der Waals surface area contributed by atoms with Gasteiger partial charge in [0.2, 0.25) is 0 Å². The molecule has 0 aliphatic carbocycles. The minimum Gasteiger partial charge on any atom is -0.327 e. The lowest BCUT2D eigenvalue weighted by molar-refractivity contribution is -0.0799. The highest BCUT2D eigenvalue weighted by atomic mass is 35.5. The molecule has 0 saturated carbocycles. The Balaban J connectivity index is 0. The summed E-state index contributed by atoms with van der Waals surface area (Å²) in [5, 5.41) is 0. The first-order valence-corrected chi connectivity index (χ1v) is 2.01. The summed E-state index contributed by atoms with van der Waals surface area (Å²) in [6, 6.07) is 0. The molecule has 56 valence electrons. The molecule has 0 unspecified atom stereocenters. The van der Waals surface area contributed by atoms with Crippen molar-refractivity contribution in [2.45, 2.75) is 6.18 Å². The largest absolute Gasteiger partial charge is 0.409 e. The maximum absolute atomic E-state index is 11.1. The third-order valence-corrected chi connectivity index (χ3v) is 0.443. The average Bonchev–Trinajstić information content (AvgIpc) is 1.59. The van der Waals surface area contributed by atoms with Crippen molar-refractivity contribution in [1.29, 1.82) is 0 Å². The molecule has 1 nitrogen and oxygen atoms in total. The summed E-state index contributed by atoms with van der Waals surface area (Å²) < 4.78 is 33.3. The van der Waals surface area contributed by atoms with Gasteiger partial charge in [-0.25, -0.2) is 0 Å². The molecule has 2 N–H and O–H groups in total. The van der Waals surface area contributed by atoms with Crippen molar-refractivity contribution in [3.63, 3.8) is 0 Å². The van der Waals surface area contributed by atoms with Gasteiger partial charge in [0, 0.05) is 12.6 Å². The van der Waals surface area contributed by atoms with E-state index in [2.05, 4.69) is 0 Å². The molecule has 0 rings (SSSR count). The van der Waals surface area contributed by atoms with E-state index in [4.69, 9.17) is 5.73 Å². The number of rotatable bonds is 1. The highest BCUT2D eigenvalue weighted by molar-refractivity contribution is 5.85. The number of hydrogen-bond donors (Lipinski definition) is 1. The first kappa shape index (κ1) is 11.6. The number of hydrogen-bond acceptors (Lipinski definition) is 1. The van der Waals surface area contributed by atoms with E-state index in [9.17, 15) is 13.2 Å². The maximum Gasteiger partial charge on any atom is 0.409 e. The van der Waals surface area contributed by atoms with Crippen LogP contribution in [0.5, 0.6) is 0 Å². The zero-order valence-electron chi connectivity index (χ0n) is 4.48. The van der Waals surface area contributed by atoms with Crippen LogP contribution in [-0.2, 0) is 0 Å². The summed E-state index contributed by atoms with van der Waals surface area (Å²) in [4.78, 5) is 0. The van der Waals surface area contributed by atoms with Crippen LogP contribution in [-0.4, -0.2) is 12.7 Å². The molecule has 0 aromatic rings. The minimum atomic E-state index is -4.21. The van der Waals surface area contributed by atoms with E-state index in [1.807, 2.05) is 0 Å². The Morgan fingerprint density at radius 3 is 1.89 bits per heavy atom. The van der Waals surface area contributed by atoms with Crippen LogP contribution < -0.4 is 5.73 Å². The predicted octanol–water partition coefficient (Wildman–Crippen LogP) is 1.49. The molecular weight excluding hydrogens is 154 g/mol. The second kappa shape index (κ2) is 4.64. The van der Waals surface area contributed by atoms with Gasteiger partial charge in [-0.3, -0.25) is 0 Å². The molecular formula is C4H7ClF3N. The number of allylic oxidation sites excluding steroid dienone is 1. The fourth-order valence-electron chi connectivity index (χ4n) is 0.202. The Hall–Kier alpha value is -0.220. The highest BCUT2D eigenvalue weighted by Gasteiger charge is 2.21. The van der Waals surface area contributed by atoms with E-state index in [-0.39, 0.29) is 25.0 Å². The molecule has 0 bridgehead atoms. The molecule has 5 heteroatoms. The Morgan fingerprint density at radius 2 is 1.78 bits per heavy atom. The van der Waals surface area contributed by atoms with Crippen LogP contribution in [0, 0.1) is 0 Å². The van der Waals surface area contributed by atoms with Crippen molar-refractivity contribution in [3.8, 4) is 0 Å². The predicted molar refractivity (Wildman–Crippen MR) is 31.5 cm³/mol. The van der Waals surface area contributed by atoms with Crippen molar-refractivity contribution in [2.24, 2.45) is 5.73 Å².